The second-order valence-corrected chi connectivity index (χ2v) is 7.66. The van der Waals surface area contributed by atoms with Crippen molar-refractivity contribution in [2.24, 2.45) is 0 Å². The monoisotopic (exact) mass is 400 g/mol. The van der Waals surface area contributed by atoms with Gasteiger partial charge in [-0.15, -0.1) is 0 Å². The van der Waals surface area contributed by atoms with Crippen LogP contribution in [0.2, 0.25) is 0 Å². The van der Waals surface area contributed by atoms with Gasteiger partial charge in [-0.2, -0.15) is 5.10 Å². The summed E-state index contributed by atoms with van der Waals surface area (Å²) in [6.07, 6.45) is 1.87. The second kappa shape index (κ2) is 7.37. The van der Waals surface area contributed by atoms with Crippen LogP contribution >= 0.6 is 0 Å². The lowest BCUT2D eigenvalue weighted by Crippen LogP contribution is -2.47. The molecule has 8 nitrogen and oxygen atoms in total. The third kappa shape index (κ3) is 3.45. The summed E-state index contributed by atoms with van der Waals surface area (Å²) in [6, 6.07) is 12.1. The highest BCUT2D eigenvalue weighted by atomic mass is 15.3. The van der Waals surface area contributed by atoms with E-state index in [-0.39, 0.29) is 0 Å². The highest BCUT2D eigenvalue weighted by molar-refractivity contribution is 5.75. The van der Waals surface area contributed by atoms with Crippen molar-refractivity contribution >= 4 is 22.7 Å². The van der Waals surface area contributed by atoms with Crippen LogP contribution in [0.4, 0.5) is 11.6 Å². The molecule has 1 saturated heterocycles. The minimum atomic E-state index is 0.748. The van der Waals surface area contributed by atoms with E-state index in [0.29, 0.717) is 0 Å². The Morgan fingerprint density at radius 1 is 0.733 bits per heavy atom. The Morgan fingerprint density at radius 2 is 1.40 bits per heavy atom. The summed E-state index contributed by atoms with van der Waals surface area (Å²) >= 11 is 0. The van der Waals surface area contributed by atoms with E-state index in [1.54, 1.807) is 0 Å². The van der Waals surface area contributed by atoms with Gasteiger partial charge in [-0.1, -0.05) is 12.1 Å². The summed E-state index contributed by atoms with van der Waals surface area (Å²) in [6.45, 7) is 9.42. The number of para-hydroxylation sites is 2. The standard InChI is InChI=1S/C22H24N8/c1-15-12-16(2)30(27-15)21-13-20(24-17(3)25-21)28-8-10-29(11-9-28)22-14-23-18-6-4-5-7-19(18)26-22/h4-7,12-14H,8-11H2,1-3H3. The number of nitrogens with zero attached hydrogens (tertiary/aromatic N) is 8. The van der Waals surface area contributed by atoms with Crippen molar-refractivity contribution in [2.45, 2.75) is 20.8 Å². The fourth-order valence-electron chi connectivity index (χ4n) is 3.93. The van der Waals surface area contributed by atoms with Gasteiger partial charge in [-0.25, -0.2) is 19.6 Å². The van der Waals surface area contributed by atoms with Gasteiger partial charge in [0.05, 0.1) is 22.9 Å². The van der Waals surface area contributed by atoms with Crippen LogP contribution in [0, 0.1) is 20.8 Å². The Kier molecular flexibility index (Phi) is 4.54. The molecular formula is C22H24N8. The molecule has 4 aromatic rings. The predicted molar refractivity (Wildman–Crippen MR) is 117 cm³/mol. The Balaban J connectivity index is 1.35. The smallest absolute Gasteiger partial charge is 0.159 e. The van der Waals surface area contributed by atoms with Crippen LogP contribution in [0.3, 0.4) is 0 Å². The van der Waals surface area contributed by atoms with Crippen LogP contribution in [0.1, 0.15) is 17.2 Å². The largest absolute Gasteiger partial charge is 0.353 e. The van der Waals surface area contributed by atoms with Crippen LogP contribution in [-0.2, 0) is 0 Å². The van der Waals surface area contributed by atoms with E-state index in [9.17, 15) is 0 Å². The summed E-state index contributed by atoms with van der Waals surface area (Å²) in [7, 11) is 0. The molecule has 0 radical (unpaired) electrons. The molecule has 5 rings (SSSR count). The lowest BCUT2D eigenvalue weighted by atomic mass is 10.3. The maximum atomic E-state index is 4.78. The van der Waals surface area contributed by atoms with Crippen molar-refractivity contribution in [1.82, 2.24) is 29.7 Å². The molecule has 30 heavy (non-hydrogen) atoms. The third-order valence-electron chi connectivity index (χ3n) is 5.40. The van der Waals surface area contributed by atoms with Crippen LogP contribution in [0.15, 0.2) is 42.6 Å². The normalized spacial score (nSPS) is 14.5. The fraction of sp³-hybridized carbons (Fsp3) is 0.318. The molecule has 3 aromatic heterocycles. The van der Waals surface area contributed by atoms with Crippen LogP contribution in [0.5, 0.6) is 0 Å². The quantitative estimate of drug-likeness (QED) is 0.523. The van der Waals surface area contributed by atoms with E-state index >= 15 is 0 Å². The maximum absolute atomic E-state index is 4.78. The maximum Gasteiger partial charge on any atom is 0.159 e. The van der Waals surface area contributed by atoms with Gasteiger partial charge in [0.1, 0.15) is 17.5 Å². The molecule has 0 saturated carbocycles. The van der Waals surface area contributed by atoms with Gasteiger partial charge < -0.3 is 9.80 Å². The molecule has 1 fully saturated rings. The molecule has 152 valence electrons. The summed E-state index contributed by atoms with van der Waals surface area (Å²) in [5, 5.41) is 4.57. The van der Waals surface area contributed by atoms with Crippen molar-refractivity contribution in [2.75, 3.05) is 36.0 Å². The first-order chi connectivity index (χ1) is 14.6. The number of piperazine rings is 1. The number of rotatable bonds is 3. The Hall–Kier alpha value is -3.55. The zero-order chi connectivity index (χ0) is 20.7. The summed E-state index contributed by atoms with van der Waals surface area (Å²) in [5.74, 6) is 3.42. The SMILES string of the molecule is Cc1cc(C)n(-c2cc(N3CCN(c4cnc5ccccc5n4)CC3)nc(C)n2)n1. The first-order valence-electron chi connectivity index (χ1n) is 10.2. The van der Waals surface area contributed by atoms with Gasteiger partial charge >= 0.3 is 0 Å². The van der Waals surface area contributed by atoms with E-state index < -0.39 is 0 Å². The highest BCUT2D eigenvalue weighted by Gasteiger charge is 2.21. The molecule has 0 atom stereocenters. The zero-order valence-corrected chi connectivity index (χ0v) is 17.4. The first kappa shape index (κ1) is 18.5. The van der Waals surface area contributed by atoms with Gasteiger partial charge in [0, 0.05) is 37.9 Å². The molecule has 1 aromatic carbocycles. The summed E-state index contributed by atoms with van der Waals surface area (Å²) in [5.41, 5.74) is 3.90. The molecule has 0 N–H and O–H groups in total. The van der Waals surface area contributed by atoms with Gasteiger partial charge in [0.15, 0.2) is 5.82 Å². The number of anilines is 2. The average Bonchev–Trinajstić information content (AvgIpc) is 3.11. The van der Waals surface area contributed by atoms with Crippen molar-refractivity contribution in [1.29, 1.82) is 0 Å². The van der Waals surface area contributed by atoms with Crippen molar-refractivity contribution in [3.63, 3.8) is 0 Å². The number of aromatic nitrogens is 6. The van der Waals surface area contributed by atoms with Crippen molar-refractivity contribution < 1.29 is 0 Å². The summed E-state index contributed by atoms with van der Waals surface area (Å²) < 4.78 is 1.88. The molecule has 0 spiro atoms. The third-order valence-corrected chi connectivity index (χ3v) is 5.40. The Labute approximate surface area is 175 Å². The zero-order valence-electron chi connectivity index (χ0n) is 17.4. The van der Waals surface area contributed by atoms with Crippen molar-refractivity contribution in [3.05, 3.63) is 59.8 Å². The molecule has 4 heterocycles. The van der Waals surface area contributed by atoms with E-state index in [1.807, 2.05) is 62.0 Å². The topological polar surface area (TPSA) is 75.9 Å². The van der Waals surface area contributed by atoms with Crippen LogP contribution in [-0.4, -0.2) is 55.9 Å². The molecule has 1 aliphatic rings. The minimum absolute atomic E-state index is 0.748. The Morgan fingerprint density at radius 3 is 2.10 bits per heavy atom. The number of aryl methyl sites for hydroxylation is 3. The van der Waals surface area contributed by atoms with Gasteiger partial charge in [-0.3, -0.25) is 4.98 Å². The molecule has 0 bridgehead atoms. The van der Waals surface area contributed by atoms with Crippen LogP contribution < -0.4 is 9.80 Å². The number of hydrogen-bond acceptors (Lipinski definition) is 7. The highest BCUT2D eigenvalue weighted by Crippen LogP contribution is 2.21. The van der Waals surface area contributed by atoms with Crippen molar-refractivity contribution in [3.8, 4) is 5.82 Å². The first-order valence-corrected chi connectivity index (χ1v) is 10.2. The molecular weight excluding hydrogens is 376 g/mol. The van der Waals surface area contributed by atoms with Gasteiger partial charge in [0.25, 0.3) is 0 Å². The molecule has 0 amide bonds. The van der Waals surface area contributed by atoms with E-state index in [4.69, 9.17) is 4.98 Å². The number of fused-ring (bicyclic) bond motifs is 1. The minimum Gasteiger partial charge on any atom is -0.353 e. The summed E-state index contributed by atoms with van der Waals surface area (Å²) in [4.78, 5) is 23.2. The molecule has 0 unspecified atom stereocenters. The second-order valence-electron chi connectivity index (χ2n) is 7.66. The molecule has 8 heteroatoms. The van der Waals surface area contributed by atoms with E-state index in [1.165, 1.54) is 0 Å². The number of hydrogen-bond donors (Lipinski definition) is 0. The Bertz CT molecular complexity index is 1210. The lowest BCUT2D eigenvalue weighted by Gasteiger charge is -2.36. The number of benzene rings is 1. The van der Waals surface area contributed by atoms with E-state index in [2.05, 4.69) is 35.9 Å². The van der Waals surface area contributed by atoms with Gasteiger partial charge in [-0.05, 0) is 39.0 Å². The predicted octanol–water partition coefficient (Wildman–Crippen LogP) is 2.86. The molecule has 0 aliphatic carbocycles. The lowest BCUT2D eigenvalue weighted by molar-refractivity contribution is 0.638. The average molecular weight is 400 g/mol. The fourth-order valence-corrected chi connectivity index (χ4v) is 3.93. The van der Waals surface area contributed by atoms with Crippen LogP contribution in [0.25, 0.3) is 16.9 Å². The van der Waals surface area contributed by atoms with Gasteiger partial charge in [0.2, 0.25) is 0 Å². The molecule has 1 aliphatic heterocycles. The van der Waals surface area contributed by atoms with E-state index in [0.717, 1.165) is 71.9 Å².